The zero-order chi connectivity index (χ0) is 26.0. The molecule has 4 aromatic rings. The monoisotopic (exact) mass is 512 g/mol. The number of piperidine rings is 1. The van der Waals surface area contributed by atoms with Gasteiger partial charge in [-0.05, 0) is 86.2 Å². The molecular weight excluding hydrogens is 476 g/mol. The molecular formula is C30H36N6O2. The summed E-state index contributed by atoms with van der Waals surface area (Å²) in [5.74, 6) is 2.08. The minimum atomic E-state index is -0.404. The molecule has 2 N–H and O–H groups in total. The molecule has 8 heteroatoms. The van der Waals surface area contributed by atoms with Gasteiger partial charge >= 0.3 is 0 Å². The van der Waals surface area contributed by atoms with E-state index in [4.69, 9.17) is 0 Å². The van der Waals surface area contributed by atoms with Crippen LogP contribution in [-0.4, -0.2) is 53.5 Å². The van der Waals surface area contributed by atoms with Crippen LogP contribution >= 0.6 is 0 Å². The highest BCUT2D eigenvalue weighted by atomic mass is 16.3. The molecule has 1 aliphatic heterocycles. The van der Waals surface area contributed by atoms with Crippen molar-refractivity contribution in [1.29, 1.82) is 0 Å². The van der Waals surface area contributed by atoms with Crippen LogP contribution < -0.4 is 5.56 Å². The van der Waals surface area contributed by atoms with Crippen molar-refractivity contribution in [2.75, 3.05) is 13.1 Å². The fraction of sp³-hybridized carbons (Fsp3) is 0.500. The van der Waals surface area contributed by atoms with E-state index in [0.29, 0.717) is 24.3 Å². The van der Waals surface area contributed by atoms with E-state index in [9.17, 15) is 9.90 Å². The van der Waals surface area contributed by atoms with Gasteiger partial charge in [0.05, 0.1) is 11.5 Å². The number of hydrogen-bond acceptors (Lipinski definition) is 5. The Bertz CT molecular complexity index is 1550. The van der Waals surface area contributed by atoms with Gasteiger partial charge in [0.25, 0.3) is 5.56 Å². The number of hydrogen-bond donors (Lipinski definition) is 2. The zero-order valence-electron chi connectivity index (χ0n) is 22.2. The van der Waals surface area contributed by atoms with Crippen LogP contribution in [-0.2, 0) is 19.0 Å². The van der Waals surface area contributed by atoms with E-state index >= 15 is 0 Å². The number of H-pyrrole nitrogens is 1. The number of aromatic amines is 1. The van der Waals surface area contributed by atoms with Gasteiger partial charge in [-0.25, -0.2) is 0 Å². The van der Waals surface area contributed by atoms with Crippen molar-refractivity contribution in [2.45, 2.75) is 69.4 Å². The van der Waals surface area contributed by atoms with E-state index in [-0.39, 0.29) is 11.7 Å². The van der Waals surface area contributed by atoms with E-state index < -0.39 is 5.41 Å². The largest absolute Gasteiger partial charge is 0.393 e. The lowest BCUT2D eigenvalue weighted by Gasteiger charge is -2.44. The third-order valence-corrected chi connectivity index (χ3v) is 9.02. The van der Waals surface area contributed by atoms with Crippen LogP contribution in [0.1, 0.15) is 74.0 Å². The average Bonchev–Trinajstić information content (AvgIpc) is 3.50. The molecule has 2 aliphatic carbocycles. The van der Waals surface area contributed by atoms with Gasteiger partial charge in [-0.2, -0.15) is 0 Å². The molecule has 3 aromatic heterocycles. The summed E-state index contributed by atoms with van der Waals surface area (Å²) in [6, 6.07) is 10.4. The van der Waals surface area contributed by atoms with E-state index in [1.165, 1.54) is 31.2 Å². The van der Waals surface area contributed by atoms with Gasteiger partial charge < -0.3 is 14.7 Å². The van der Waals surface area contributed by atoms with Crippen molar-refractivity contribution < 1.29 is 5.11 Å². The minimum absolute atomic E-state index is 0.0128. The van der Waals surface area contributed by atoms with Crippen LogP contribution in [0.3, 0.4) is 0 Å². The standard InChI is InChI=1S/C30H36N6O2/c1-19-5-4-10-35(15-19)16-22-12-25-26(20-8-9-20)17-36(28(38)27(25)32-22)23-7-3-6-21(11-23)30(13-24(37)14-30)29-33-31-18-34(29)2/h3,6-7,11-12,17-20,24,32,37H,4-5,8-10,13-16H2,1-2H3/t19-,24?,30?/m0/s1. The zero-order valence-corrected chi connectivity index (χ0v) is 22.2. The lowest BCUT2D eigenvalue weighted by molar-refractivity contribution is 0.0323. The van der Waals surface area contributed by atoms with E-state index in [2.05, 4.69) is 51.4 Å². The predicted molar refractivity (Wildman–Crippen MR) is 147 cm³/mol. The maximum Gasteiger partial charge on any atom is 0.279 e. The van der Waals surface area contributed by atoms with Crippen molar-refractivity contribution in [2.24, 2.45) is 13.0 Å². The summed E-state index contributed by atoms with van der Waals surface area (Å²) in [6.07, 6.45) is 9.50. The number of aliphatic hydroxyl groups is 1. The maximum atomic E-state index is 13.9. The van der Waals surface area contributed by atoms with Crippen LogP contribution in [0.15, 0.2) is 47.7 Å². The molecule has 1 atom stereocenters. The molecule has 2 saturated carbocycles. The topological polar surface area (TPSA) is 92.0 Å². The molecule has 1 saturated heterocycles. The summed E-state index contributed by atoms with van der Waals surface area (Å²) in [4.78, 5) is 20.0. The minimum Gasteiger partial charge on any atom is -0.393 e. The highest BCUT2D eigenvalue weighted by molar-refractivity contribution is 5.84. The number of nitrogens with one attached hydrogen (secondary N) is 1. The number of rotatable bonds is 6. The second kappa shape index (κ2) is 8.92. The fourth-order valence-electron chi connectivity index (χ4n) is 6.92. The van der Waals surface area contributed by atoms with Crippen molar-refractivity contribution in [3.05, 3.63) is 75.9 Å². The van der Waals surface area contributed by atoms with Gasteiger partial charge in [-0.15, -0.1) is 10.2 Å². The normalized spacial score (nSPS) is 26.1. The summed E-state index contributed by atoms with van der Waals surface area (Å²) in [6.45, 7) is 5.42. The van der Waals surface area contributed by atoms with Gasteiger partial charge in [-0.1, -0.05) is 19.1 Å². The molecule has 0 radical (unpaired) electrons. The fourth-order valence-corrected chi connectivity index (χ4v) is 6.92. The predicted octanol–water partition coefficient (Wildman–Crippen LogP) is 4.00. The summed E-state index contributed by atoms with van der Waals surface area (Å²) < 4.78 is 3.76. The number of aliphatic hydroxyl groups excluding tert-OH is 1. The van der Waals surface area contributed by atoms with Crippen LogP contribution in [0.25, 0.3) is 16.6 Å². The molecule has 0 spiro atoms. The Hall–Kier alpha value is -3.23. The maximum absolute atomic E-state index is 13.9. The molecule has 0 unspecified atom stereocenters. The van der Waals surface area contributed by atoms with E-state index in [1.54, 1.807) is 6.33 Å². The highest BCUT2D eigenvalue weighted by Gasteiger charge is 2.49. The van der Waals surface area contributed by atoms with Gasteiger partial charge in [0, 0.05) is 43.1 Å². The first kappa shape index (κ1) is 23.9. The number of fused-ring (bicyclic) bond motifs is 1. The lowest BCUT2D eigenvalue weighted by Crippen LogP contribution is -2.47. The third kappa shape index (κ3) is 3.93. The van der Waals surface area contributed by atoms with Crippen molar-refractivity contribution in [1.82, 2.24) is 29.2 Å². The second-order valence-corrected chi connectivity index (χ2v) is 12.1. The highest BCUT2D eigenvalue weighted by Crippen LogP contribution is 2.48. The number of likely N-dealkylation sites (tertiary alicyclic amines) is 1. The molecule has 3 aliphatic rings. The quantitative estimate of drug-likeness (QED) is 0.408. The number of aryl methyl sites for hydroxylation is 1. The third-order valence-electron chi connectivity index (χ3n) is 9.02. The molecule has 1 aromatic carbocycles. The second-order valence-electron chi connectivity index (χ2n) is 12.1. The van der Waals surface area contributed by atoms with Crippen LogP contribution in [0.2, 0.25) is 0 Å². The number of pyridine rings is 1. The molecule has 8 nitrogen and oxygen atoms in total. The Balaban J connectivity index is 1.30. The Morgan fingerprint density at radius 2 is 2.03 bits per heavy atom. The van der Waals surface area contributed by atoms with E-state index in [0.717, 1.165) is 53.7 Å². The van der Waals surface area contributed by atoms with Crippen LogP contribution in [0, 0.1) is 5.92 Å². The lowest BCUT2D eigenvalue weighted by atomic mass is 9.62. The molecule has 7 rings (SSSR count). The number of nitrogens with zero attached hydrogens (tertiary/aromatic N) is 5. The average molecular weight is 513 g/mol. The molecule has 38 heavy (non-hydrogen) atoms. The molecule has 0 amide bonds. The Labute approximate surface area is 222 Å². The van der Waals surface area contributed by atoms with Gasteiger partial charge in [0.2, 0.25) is 0 Å². The smallest absolute Gasteiger partial charge is 0.279 e. The first-order valence-corrected chi connectivity index (χ1v) is 14.0. The van der Waals surface area contributed by atoms with Crippen LogP contribution in [0.5, 0.6) is 0 Å². The Morgan fingerprint density at radius 1 is 1.18 bits per heavy atom. The Kier molecular flexibility index (Phi) is 5.60. The van der Waals surface area contributed by atoms with Crippen molar-refractivity contribution in [3.63, 3.8) is 0 Å². The van der Waals surface area contributed by atoms with Crippen LogP contribution in [0.4, 0.5) is 0 Å². The molecule has 4 heterocycles. The number of benzene rings is 1. The van der Waals surface area contributed by atoms with Gasteiger partial charge in [-0.3, -0.25) is 14.3 Å². The van der Waals surface area contributed by atoms with Gasteiger partial charge in [0.15, 0.2) is 0 Å². The number of aromatic nitrogens is 5. The molecule has 198 valence electrons. The first-order valence-electron chi connectivity index (χ1n) is 14.0. The summed E-state index contributed by atoms with van der Waals surface area (Å²) >= 11 is 0. The summed E-state index contributed by atoms with van der Waals surface area (Å²) in [7, 11) is 1.94. The Morgan fingerprint density at radius 3 is 2.74 bits per heavy atom. The van der Waals surface area contributed by atoms with Gasteiger partial charge in [0.1, 0.15) is 17.7 Å². The summed E-state index contributed by atoms with van der Waals surface area (Å²) in [5, 5.41) is 19.9. The molecule has 3 fully saturated rings. The van der Waals surface area contributed by atoms with Crippen molar-refractivity contribution >= 4 is 10.9 Å². The summed E-state index contributed by atoms with van der Waals surface area (Å²) in [5.41, 5.74) is 4.59. The SMILES string of the molecule is C[C@H]1CCCN(Cc2cc3c(C4CC4)cn(-c4cccc(C5(c6nncn6C)CC(O)C5)c4)c(=O)c3[nH]2)C1. The first-order chi connectivity index (χ1) is 18.4. The van der Waals surface area contributed by atoms with Crippen molar-refractivity contribution in [3.8, 4) is 5.69 Å². The van der Waals surface area contributed by atoms with E-state index in [1.807, 2.05) is 28.3 Å². The molecule has 0 bridgehead atoms.